The fourth-order valence-corrected chi connectivity index (χ4v) is 4.11. The lowest BCUT2D eigenvalue weighted by molar-refractivity contribution is -0.137. The first kappa shape index (κ1) is 20.3. The summed E-state index contributed by atoms with van der Waals surface area (Å²) in [5.41, 5.74) is 1.46. The number of aryl methyl sites for hydroxylation is 2. The van der Waals surface area contributed by atoms with Gasteiger partial charge in [0.25, 0.3) is 0 Å². The Morgan fingerprint density at radius 3 is 2.66 bits per heavy atom. The average molecular weight is 440 g/mol. The second-order valence-corrected chi connectivity index (χ2v) is 7.81. The van der Waals surface area contributed by atoms with E-state index < -0.39 is 23.5 Å². The molecule has 0 saturated carbocycles. The minimum Gasteiger partial charge on any atom is -0.292 e. The molecule has 0 saturated heterocycles. The summed E-state index contributed by atoms with van der Waals surface area (Å²) < 4.78 is 55.4. The first-order chi connectivity index (χ1) is 15.2. The van der Waals surface area contributed by atoms with Gasteiger partial charge in [-0.05, 0) is 48.7 Å². The van der Waals surface area contributed by atoms with Crippen LogP contribution in [0.15, 0.2) is 48.8 Å². The fraction of sp³-hybridized carbons (Fsp3) is 0.217. The van der Waals surface area contributed by atoms with Crippen molar-refractivity contribution in [1.82, 2.24) is 19.7 Å². The van der Waals surface area contributed by atoms with E-state index in [-0.39, 0.29) is 17.0 Å². The highest BCUT2D eigenvalue weighted by atomic mass is 19.4. The van der Waals surface area contributed by atoms with E-state index in [9.17, 15) is 18.0 Å². The first-order valence-electron chi connectivity index (χ1n) is 9.93. The number of carbonyl (C=O) groups excluding carboxylic acids is 1. The first-order valence-corrected chi connectivity index (χ1v) is 9.93. The van der Waals surface area contributed by atoms with Crippen molar-refractivity contribution in [3.8, 4) is 11.4 Å². The van der Waals surface area contributed by atoms with E-state index in [0.29, 0.717) is 35.3 Å². The number of hydrogen-bond donors (Lipinski definition) is 0. The van der Waals surface area contributed by atoms with Crippen molar-refractivity contribution in [2.45, 2.75) is 32.0 Å². The van der Waals surface area contributed by atoms with Crippen LogP contribution in [0.5, 0.6) is 0 Å². The van der Waals surface area contributed by atoms with Crippen LogP contribution in [0.1, 0.15) is 39.5 Å². The molecule has 2 aromatic carbocycles. The van der Waals surface area contributed by atoms with Crippen LogP contribution in [0.3, 0.4) is 0 Å². The molecule has 1 atom stereocenters. The maximum atomic E-state index is 15.0. The highest BCUT2D eigenvalue weighted by Gasteiger charge is 2.33. The Labute approximate surface area is 179 Å². The number of fused-ring (bicyclic) bond motifs is 2. The van der Waals surface area contributed by atoms with Crippen LogP contribution in [-0.2, 0) is 12.7 Å². The summed E-state index contributed by atoms with van der Waals surface area (Å²) in [6, 6.07) is 7.62. The molecule has 1 aliphatic heterocycles. The number of carbonyl (C=O) groups is 1. The quantitative estimate of drug-likeness (QED) is 0.396. The van der Waals surface area contributed by atoms with E-state index in [0.717, 1.165) is 17.7 Å². The molecule has 0 aliphatic carbocycles. The third-order valence-electron chi connectivity index (χ3n) is 5.74. The molecule has 0 radical (unpaired) electrons. The summed E-state index contributed by atoms with van der Waals surface area (Å²) in [4.78, 5) is 21.3. The number of halogens is 4. The van der Waals surface area contributed by atoms with Gasteiger partial charge in [-0.15, -0.1) is 0 Å². The largest absolute Gasteiger partial charge is 0.416 e. The number of rotatable bonds is 2. The number of alkyl halides is 3. The summed E-state index contributed by atoms with van der Waals surface area (Å²) in [5.74, 6) is -1.14. The lowest BCUT2D eigenvalue weighted by Crippen LogP contribution is -2.26. The Morgan fingerprint density at radius 2 is 1.91 bits per heavy atom. The van der Waals surface area contributed by atoms with Crippen molar-refractivity contribution in [2.24, 2.45) is 0 Å². The molecular weight excluding hydrogens is 424 g/mol. The van der Waals surface area contributed by atoms with Gasteiger partial charge in [-0.3, -0.25) is 9.48 Å². The van der Waals surface area contributed by atoms with Crippen LogP contribution in [0.4, 0.5) is 17.6 Å². The smallest absolute Gasteiger partial charge is 0.292 e. The summed E-state index contributed by atoms with van der Waals surface area (Å²) in [5, 5.41) is 4.41. The Morgan fingerprint density at radius 1 is 1.09 bits per heavy atom. The Bertz CT molecular complexity index is 1380. The molecule has 162 valence electrons. The second kappa shape index (κ2) is 7.22. The number of benzene rings is 2. The minimum atomic E-state index is -4.46. The molecule has 1 aliphatic rings. The Kier molecular flexibility index (Phi) is 4.58. The molecule has 0 amide bonds. The van der Waals surface area contributed by atoms with Crippen LogP contribution < -0.4 is 0 Å². The molecule has 9 heteroatoms. The Hall–Kier alpha value is -3.62. The highest BCUT2D eigenvalue weighted by Crippen LogP contribution is 2.34. The summed E-state index contributed by atoms with van der Waals surface area (Å²) in [7, 11) is 0. The lowest BCUT2D eigenvalue weighted by atomic mass is 9.86. The molecule has 1 unspecified atom stereocenters. The third kappa shape index (κ3) is 3.34. The van der Waals surface area contributed by atoms with Gasteiger partial charge in [0.2, 0.25) is 0 Å². The van der Waals surface area contributed by atoms with Crippen molar-refractivity contribution >= 4 is 16.7 Å². The van der Waals surface area contributed by atoms with Crippen LogP contribution in [-0.4, -0.2) is 25.5 Å². The van der Waals surface area contributed by atoms with E-state index in [1.807, 2.05) is 0 Å². The zero-order valence-electron chi connectivity index (χ0n) is 16.8. The Balaban J connectivity index is 1.47. The summed E-state index contributed by atoms with van der Waals surface area (Å²) in [6.45, 7) is 2.32. The van der Waals surface area contributed by atoms with E-state index in [2.05, 4.69) is 15.1 Å². The van der Waals surface area contributed by atoms with Crippen LogP contribution >= 0.6 is 0 Å². The van der Waals surface area contributed by atoms with E-state index >= 15 is 4.39 Å². The predicted molar refractivity (Wildman–Crippen MR) is 109 cm³/mol. The van der Waals surface area contributed by atoms with Crippen molar-refractivity contribution in [3.05, 3.63) is 77.0 Å². The van der Waals surface area contributed by atoms with E-state index in [1.165, 1.54) is 18.3 Å². The van der Waals surface area contributed by atoms with Crippen LogP contribution in [0.2, 0.25) is 0 Å². The average Bonchev–Trinajstić information content (AvgIpc) is 3.14. The standard InChI is InChI=1S/C23H16F4N4O/c1-12-10-29-31-7-6-17(21(32)20(12)31)16-4-2-13(9-18(16)24)22-28-11-14-8-15(23(25,26)27)3-5-19(14)30-22/h2-5,8-11,17H,6-7H2,1H3. The lowest BCUT2D eigenvalue weighted by Gasteiger charge is -2.23. The maximum absolute atomic E-state index is 15.0. The van der Waals surface area contributed by atoms with Gasteiger partial charge in [-0.2, -0.15) is 18.3 Å². The molecule has 0 spiro atoms. The molecule has 5 nitrogen and oxygen atoms in total. The van der Waals surface area contributed by atoms with Gasteiger partial charge < -0.3 is 0 Å². The monoisotopic (exact) mass is 440 g/mol. The number of aromatic nitrogens is 4. The van der Waals surface area contributed by atoms with Crippen molar-refractivity contribution < 1.29 is 22.4 Å². The number of hydrogen-bond acceptors (Lipinski definition) is 4. The molecule has 0 N–H and O–H groups in total. The number of Topliss-reactive ketones (excluding diaryl/α,β-unsaturated/α-hetero) is 1. The number of ketones is 1. The zero-order chi connectivity index (χ0) is 22.6. The minimum absolute atomic E-state index is 0.166. The van der Waals surface area contributed by atoms with Gasteiger partial charge in [0.15, 0.2) is 11.6 Å². The number of nitrogens with zero attached hydrogens (tertiary/aromatic N) is 4. The van der Waals surface area contributed by atoms with Gasteiger partial charge in [0.1, 0.15) is 11.5 Å². The van der Waals surface area contributed by atoms with Crippen LogP contribution in [0.25, 0.3) is 22.3 Å². The second-order valence-electron chi connectivity index (χ2n) is 7.81. The fourth-order valence-electron chi connectivity index (χ4n) is 4.11. The van der Waals surface area contributed by atoms with Gasteiger partial charge in [-0.25, -0.2) is 14.4 Å². The predicted octanol–water partition coefficient (Wildman–Crippen LogP) is 5.33. The van der Waals surface area contributed by atoms with Crippen LogP contribution in [0, 0.1) is 12.7 Å². The van der Waals surface area contributed by atoms with Gasteiger partial charge in [0, 0.05) is 23.7 Å². The maximum Gasteiger partial charge on any atom is 0.416 e. The van der Waals surface area contributed by atoms with E-state index in [1.54, 1.807) is 29.9 Å². The molecule has 2 aromatic heterocycles. The molecule has 0 fully saturated rings. The van der Waals surface area contributed by atoms with Crippen molar-refractivity contribution in [1.29, 1.82) is 0 Å². The molecule has 5 rings (SSSR count). The molecule has 3 heterocycles. The molecule has 4 aromatic rings. The highest BCUT2D eigenvalue weighted by molar-refractivity contribution is 6.01. The van der Waals surface area contributed by atoms with Gasteiger partial charge in [-0.1, -0.05) is 12.1 Å². The summed E-state index contributed by atoms with van der Waals surface area (Å²) in [6.07, 6.45) is -1.10. The van der Waals surface area contributed by atoms with Gasteiger partial charge in [0.05, 0.1) is 23.2 Å². The SMILES string of the molecule is Cc1cnn2c1C(=O)C(c1ccc(-c3ncc4cc(C(F)(F)F)ccc4n3)cc1F)CC2. The topological polar surface area (TPSA) is 60.7 Å². The van der Waals surface area contributed by atoms with E-state index in [4.69, 9.17) is 0 Å². The normalized spacial score (nSPS) is 16.4. The van der Waals surface area contributed by atoms with Gasteiger partial charge >= 0.3 is 6.18 Å². The third-order valence-corrected chi connectivity index (χ3v) is 5.74. The summed E-state index contributed by atoms with van der Waals surface area (Å²) >= 11 is 0. The van der Waals surface area contributed by atoms with Crippen molar-refractivity contribution in [3.63, 3.8) is 0 Å². The molecule has 32 heavy (non-hydrogen) atoms. The molecular formula is C23H16F4N4O. The van der Waals surface area contributed by atoms with Crippen molar-refractivity contribution in [2.75, 3.05) is 0 Å². The molecule has 0 bridgehead atoms. The zero-order valence-corrected chi connectivity index (χ0v) is 16.8.